The van der Waals surface area contributed by atoms with Crippen LogP contribution in [-0.2, 0) is 10.2 Å². The van der Waals surface area contributed by atoms with Gasteiger partial charge in [-0.2, -0.15) is 0 Å². The Morgan fingerprint density at radius 2 is 1.79 bits per heavy atom. The second-order valence-corrected chi connectivity index (χ2v) is 14.1. The van der Waals surface area contributed by atoms with E-state index >= 15 is 4.39 Å². The third-order valence-electron chi connectivity index (χ3n) is 10.3. The highest BCUT2D eigenvalue weighted by atomic mass is 19.1. The van der Waals surface area contributed by atoms with E-state index in [0.29, 0.717) is 34.2 Å². The number of nitrogens with one attached hydrogen (secondary N) is 2. The molecule has 2 fully saturated rings. The first-order valence-electron chi connectivity index (χ1n) is 16.7. The van der Waals surface area contributed by atoms with Crippen molar-refractivity contribution in [1.82, 2.24) is 29.7 Å². The van der Waals surface area contributed by atoms with Crippen molar-refractivity contribution in [3.63, 3.8) is 0 Å². The number of pyridine rings is 2. The van der Waals surface area contributed by atoms with E-state index in [0.717, 1.165) is 48.4 Å². The monoisotopic (exact) mass is 638 g/mol. The van der Waals surface area contributed by atoms with E-state index < -0.39 is 11.2 Å². The number of fused-ring (bicyclic) bond motifs is 2. The molecule has 2 amide bonds. The number of piperidine rings is 1. The lowest BCUT2D eigenvalue weighted by atomic mass is 9.83. The highest BCUT2D eigenvalue weighted by Crippen LogP contribution is 2.47. The summed E-state index contributed by atoms with van der Waals surface area (Å²) in [6, 6.07) is 7.52. The van der Waals surface area contributed by atoms with Crippen LogP contribution in [0.3, 0.4) is 0 Å². The smallest absolute Gasteiger partial charge is 0.251 e. The highest BCUT2D eigenvalue weighted by Gasteiger charge is 2.51. The van der Waals surface area contributed by atoms with E-state index in [4.69, 9.17) is 9.97 Å². The van der Waals surface area contributed by atoms with Gasteiger partial charge >= 0.3 is 0 Å². The van der Waals surface area contributed by atoms with Crippen molar-refractivity contribution >= 4 is 40.0 Å². The molecule has 5 heterocycles. The predicted molar refractivity (Wildman–Crippen MR) is 182 cm³/mol. The number of hydrogen-bond donors (Lipinski definition) is 2. The number of carbonyl (C=O) groups is 2. The topological polar surface area (TPSA) is 108 Å². The van der Waals surface area contributed by atoms with Crippen LogP contribution in [0.25, 0.3) is 22.3 Å². The molecule has 1 aliphatic carbocycles. The van der Waals surface area contributed by atoms with Crippen molar-refractivity contribution in [1.29, 1.82) is 0 Å². The standard InChI is InChI=1S/C36H43FN8O2/c1-20(2)44-19-40-29-17-27(41-33(31(29)44)42-28-16-25(34(46)38-6)21(3)12-26(28)37)22-13-30-32(39-18-22)36(4,5)35(47)45(30)24-14-23(15-24)43-10-8-7-9-11-43/h12-13,16-20,23-24H,7-11,14-15H2,1-6H3,(H,38,46)(H,41,42). The number of aryl methyl sites for hydroxylation is 1. The summed E-state index contributed by atoms with van der Waals surface area (Å²) in [5.41, 5.74) is 4.67. The Kier molecular flexibility index (Phi) is 7.77. The first-order chi connectivity index (χ1) is 22.5. The summed E-state index contributed by atoms with van der Waals surface area (Å²) in [6.45, 7) is 12.0. The molecule has 2 N–H and O–H groups in total. The number of hydrogen-bond acceptors (Lipinski definition) is 7. The number of rotatable bonds is 7. The minimum Gasteiger partial charge on any atom is -0.355 e. The molecule has 3 aliphatic rings. The molecule has 246 valence electrons. The molecule has 0 bridgehead atoms. The maximum Gasteiger partial charge on any atom is 0.251 e. The fourth-order valence-electron chi connectivity index (χ4n) is 7.45. The minimum absolute atomic E-state index is 0.0668. The number of benzene rings is 1. The maximum atomic E-state index is 15.4. The first-order valence-corrected chi connectivity index (χ1v) is 16.7. The van der Waals surface area contributed by atoms with Crippen molar-refractivity contribution < 1.29 is 14.0 Å². The van der Waals surface area contributed by atoms with Crippen LogP contribution in [0.1, 0.15) is 87.5 Å². The number of halogens is 1. The summed E-state index contributed by atoms with van der Waals surface area (Å²) < 4.78 is 17.3. The van der Waals surface area contributed by atoms with Crippen molar-refractivity contribution in [2.75, 3.05) is 30.4 Å². The average molecular weight is 639 g/mol. The summed E-state index contributed by atoms with van der Waals surface area (Å²) in [7, 11) is 1.55. The Morgan fingerprint density at radius 3 is 2.49 bits per heavy atom. The van der Waals surface area contributed by atoms with Gasteiger partial charge < -0.3 is 25.0 Å². The van der Waals surface area contributed by atoms with Crippen LogP contribution in [0.2, 0.25) is 0 Å². The predicted octanol–water partition coefficient (Wildman–Crippen LogP) is 6.27. The normalized spacial score (nSPS) is 20.9. The molecule has 11 heteroatoms. The molecular weight excluding hydrogens is 595 g/mol. The van der Waals surface area contributed by atoms with E-state index in [9.17, 15) is 9.59 Å². The molecule has 1 saturated heterocycles. The Balaban J connectivity index is 1.28. The zero-order valence-electron chi connectivity index (χ0n) is 28.0. The fraction of sp³-hybridized carbons (Fsp3) is 0.472. The molecule has 3 aromatic heterocycles. The van der Waals surface area contributed by atoms with Crippen LogP contribution in [0.4, 0.5) is 21.6 Å². The van der Waals surface area contributed by atoms with Crippen LogP contribution in [0, 0.1) is 12.7 Å². The fourth-order valence-corrected chi connectivity index (χ4v) is 7.45. The largest absolute Gasteiger partial charge is 0.355 e. The third kappa shape index (κ3) is 5.24. The second kappa shape index (κ2) is 11.7. The van der Waals surface area contributed by atoms with Crippen molar-refractivity contribution in [3.05, 3.63) is 59.4 Å². The quantitative estimate of drug-likeness (QED) is 0.246. The molecular formula is C36H43FN8O2. The van der Waals surface area contributed by atoms with Gasteiger partial charge in [-0.05, 0) is 103 Å². The maximum absolute atomic E-state index is 15.4. The molecule has 47 heavy (non-hydrogen) atoms. The molecule has 0 unspecified atom stereocenters. The highest BCUT2D eigenvalue weighted by molar-refractivity contribution is 6.08. The van der Waals surface area contributed by atoms with E-state index in [1.165, 1.54) is 31.4 Å². The molecule has 0 spiro atoms. The molecule has 10 nitrogen and oxygen atoms in total. The van der Waals surface area contributed by atoms with Crippen molar-refractivity contribution in [2.24, 2.45) is 0 Å². The zero-order chi connectivity index (χ0) is 33.2. The molecule has 0 atom stereocenters. The third-order valence-corrected chi connectivity index (χ3v) is 10.3. The molecule has 1 aromatic carbocycles. The van der Waals surface area contributed by atoms with Gasteiger partial charge in [0.05, 0.1) is 40.0 Å². The lowest BCUT2D eigenvalue weighted by molar-refractivity contribution is -0.123. The number of aromatic nitrogens is 4. The van der Waals surface area contributed by atoms with Crippen molar-refractivity contribution in [3.8, 4) is 11.3 Å². The minimum atomic E-state index is -0.727. The average Bonchev–Trinajstić information content (AvgIpc) is 3.55. The van der Waals surface area contributed by atoms with Crippen LogP contribution in [0.15, 0.2) is 36.8 Å². The van der Waals surface area contributed by atoms with Gasteiger partial charge in [0.15, 0.2) is 5.82 Å². The summed E-state index contributed by atoms with van der Waals surface area (Å²) in [4.78, 5) is 45.6. The molecule has 7 rings (SSSR count). The summed E-state index contributed by atoms with van der Waals surface area (Å²) in [6.07, 6.45) is 9.27. The second-order valence-electron chi connectivity index (χ2n) is 14.1. The summed E-state index contributed by atoms with van der Waals surface area (Å²) >= 11 is 0. The lowest BCUT2D eigenvalue weighted by Gasteiger charge is -2.47. The van der Waals surface area contributed by atoms with Crippen molar-refractivity contribution in [2.45, 2.75) is 90.3 Å². The Labute approximate surface area is 274 Å². The van der Waals surface area contributed by atoms with Crippen LogP contribution in [-0.4, -0.2) is 68.5 Å². The molecule has 2 aliphatic heterocycles. The van der Waals surface area contributed by atoms with Gasteiger partial charge in [0.1, 0.15) is 11.3 Å². The number of anilines is 3. The Hall–Kier alpha value is -4.38. The van der Waals surface area contributed by atoms with Gasteiger partial charge in [0.25, 0.3) is 5.91 Å². The van der Waals surface area contributed by atoms with E-state index in [2.05, 4.69) is 20.5 Å². The molecule has 4 aromatic rings. The van der Waals surface area contributed by atoms with Crippen LogP contribution >= 0.6 is 0 Å². The number of nitrogens with zero attached hydrogens (tertiary/aromatic N) is 6. The van der Waals surface area contributed by atoms with Gasteiger partial charge in [-0.3, -0.25) is 14.6 Å². The number of likely N-dealkylation sites (tertiary alicyclic amines) is 1. The summed E-state index contributed by atoms with van der Waals surface area (Å²) in [5.74, 6) is -0.302. The number of imidazole rings is 1. The van der Waals surface area contributed by atoms with Gasteiger partial charge in [-0.25, -0.2) is 14.4 Å². The zero-order valence-corrected chi connectivity index (χ0v) is 28.0. The van der Waals surface area contributed by atoms with Gasteiger partial charge in [0.2, 0.25) is 5.91 Å². The number of amides is 2. The lowest BCUT2D eigenvalue weighted by Crippen LogP contribution is -2.57. The van der Waals surface area contributed by atoms with Crippen LogP contribution < -0.4 is 15.5 Å². The Bertz CT molecular complexity index is 1890. The molecule has 0 radical (unpaired) electrons. The van der Waals surface area contributed by atoms with E-state index in [-0.39, 0.29) is 29.6 Å². The van der Waals surface area contributed by atoms with E-state index in [1.807, 2.05) is 49.3 Å². The Morgan fingerprint density at radius 1 is 1.04 bits per heavy atom. The SMILES string of the molecule is CNC(=O)c1cc(Nc2nc(-c3cnc4c(c3)N(C3CC(N5CCCCC5)C3)C(=O)C4(C)C)cc3ncn(C(C)C)c23)c(F)cc1C. The van der Waals surface area contributed by atoms with Gasteiger partial charge in [-0.1, -0.05) is 6.42 Å². The van der Waals surface area contributed by atoms with Gasteiger partial charge in [-0.15, -0.1) is 0 Å². The van der Waals surface area contributed by atoms with Gasteiger partial charge in [0, 0.05) is 42.5 Å². The summed E-state index contributed by atoms with van der Waals surface area (Å²) in [5, 5.41) is 5.82. The molecule has 1 saturated carbocycles. The number of carbonyl (C=O) groups excluding carboxylic acids is 2. The van der Waals surface area contributed by atoms with Crippen LogP contribution in [0.5, 0.6) is 0 Å². The first kappa shape index (κ1) is 31.2. The van der Waals surface area contributed by atoms with E-state index in [1.54, 1.807) is 26.5 Å².